The number of benzene rings is 1. The first kappa shape index (κ1) is 14.8. The van der Waals surface area contributed by atoms with Crippen LogP contribution in [0.5, 0.6) is 0 Å². The molecule has 1 aromatic carbocycles. The van der Waals surface area contributed by atoms with Crippen LogP contribution >= 0.6 is 0 Å². The third-order valence-corrected chi connectivity index (χ3v) is 3.19. The molecular formula is C15H18N4O2. The molecule has 0 saturated heterocycles. The Kier molecular flexibility index (Phi) is 4.37. The van der Waals surface area contributed by atoms with Crippen molar-refractivity contribution < 1.29 is 9.59 Å². The van der Waals surface area contributed by atoms with Crippen molar-refractivity contribution in [2.75, 3.05) is 13.6 Å². The lowest BCUT2D eigenvalue weighted by atomic mass is 10.2. The summed E-state index contributed by atoms with van der Waals surface area (Å²) < 4.78 is 1.71. The van der Waals surface area contributed by atoms with Crippen molar-refractivity contribution in [1.29, 1.82) is 0 Å². The highest BCUT2D eigenvalue weighted by Gasteiger charge is 2.15. The largest absolute Gasteiger partial charge is 0.358 e. The van der Waals surface area contributed by atoms with Crippen molar-refractivity contribution >= 4 is 11.8 Å². The van der Waals surface area contributed by atoms with Gasteiger partial charge >= 0.3 is 0 Å². The molecule has 0 saturated carbocycles. The highest BCUT2D eigenvalue weighted by Crippen LogP contribution is 2.15. The minimum absolute atomic E-state index is 0.0512. The molecule has 0 fully saturated rings. The summed E-state index contributed by atoms with van der Waals surface area (Å²) in [7, 11) is 1.52. The zero-order valence-electron chi connectivity index (χ0n) is 12.3. The highest BCUT2D eigenvalue weighted by molar-refractivity contribution is 5.97. The number of carbonyl (C=O) groups excluding carboxylic acids is 2. The van der Waals surface area contributed by atoms with Crippen LogP contribution in [0.2, 0.25) is 0 Å². The molecule has 6 heteroatoms. The summed E-state index contributed by atoms with van der Waals surface area (Å²) in [6, 6.07) is 7.86. The Morgan fingerprint density at radius 3 is 2.71 bits per heavy atom. The van der Waals surface area contributed by atoms with Gasteiger partial charge in [0.25, 0.3) is 5.91 Å². The Morgan fingerprint density at radius 2 is 2.05 bits per heavy atom. The lowest BCUT2D eigenvalue weighted by Gasteiger charge is -2.07. The first-order chi connectivity index (χ1) is 10.0. The third-order valence-electron chi connectivity index (χ3n) is 3.19. The lowest BCUT2D eigenvalue weighted by molar-refractivity contribution is -0.119. The van der Waals surface area contributed by atoms with E-state index in [1.165, 1.54) is 13.2 Å². The minimum Gasteiger partial charge on any atom is -0.358 e. The summed E-state index contributed by atoms with van der Waals surface area (Å²) >= 11 is 0. The fourth-order valence-electron chi connectivity index (χ4n) is 2.00. The number of aryl methyl sites for hydroxylation is 1. The van der Waals surface area contributed by atoms with Gasteiger partial charge in [-0.3, -0.25) is 9.59 Å². The van der Waals surface area contributed by atoms with Crippen LogP contribution in [0.3, 0.4) is 0 Å². The van der Waals surface area contributed by atoms with Crippen LogP contribution in [0.25, 0.3) is 5.69 Å². The molecule has 2 N–H and O–H groups in total. The number of nitrogens with one attached hydrogen (secondary N) is 2. The van der Waals surface area contributed by atoms with Crippen molar-refractivity contribution in [3.63, 3.8) is 0 Å². The molecule has 6 nitrogen and oxygen atoms in total. The highest BCUT2D eigenvalue weighted by atomic mass is 16.2. The van der Waals surface area contributed by atoms with E-state index < -0.39 is 0 Å². The van der Waals surface area contributed by atoms with E-state index >= 15 is 0 Å². The zero-order valence-corrected chi connectivity index (χ0v) is 12.3. The maximum Gasteiger partial charge on any atom is 0.255 e. The van der Waals surface area contributed by atoms with Gasteiger partial charge in [-0.25, -0.2) is 4.68 Å². The van der Waals surface area contributed by atoms with Gasteiger partial charge < -0.3 is 10.6 Å². The Hall–Kier alpha value is -2.63. The Bertz CT molecular complexity index is 676. The molecular weight excluding hydrogens is 268 g/mol. The van der Waals surface area contributed by atoms with Gasteiger partial charge in [0.1, 0.15) is 0 Å². The summed E-state index contributed by atoms with van der Waals surface area (Å²) in [4.78, 5) is 23.2. The second-order valence-electron chi connectivity index (χ2n) is 4.75. The van der Waals surface area contributed by atoms with Crippen molar-refractivity contribution in [2.45, 2.75) is 13.8 Å². The average Bonchev–Trinajstić information content (AvgIpc) is 2.86. The molecule has 2 amide bonds. The van der Waals surface area contributed by atoms with Crippen molar-refractivity contribution in [3.8, 4) is 5.69 Å². The topological polar surface area (TPSA) is 76.0 Å². The molecule has 0 spiro atoms. The van der Waals surface area contributed by atoms with Crippen LogP contribution < -0.4 is 10.6 Å². The van der Waals surface area contributed by atoms with E-state index in [0.717, 1.165) is 16.9 Å². The Balaban J connectivity index is 2.21. The summed E-state index contributed by atoms with van der Waals surface area (Å²) in [5.74, 6) is -0.554. The van der Waals surface area contributed by atoms with Gasteiger partial charge in [0.2, 0.25) is 5.91 Å². The van der Waals surface area contributed by atoms with E-state index in [0.29, 0.717) is 5.56 Å². The molecule has 2 rings (SSSR count). The van der Waals surface area contributed by atoms with Crippen LogP contribution in [0.15, 0.2) is 30.5 Å². The Labute approximate surface area is 123 Å². The SMILES string of the molecule is CNC(=O)CNC(=O)c1cnn(-c2cccc(C)c2)c1C. The van der Waals surface area contributed by atoms with Gasteiger partial charge in [0.15, 0.2) is 0 Å². The summed E-state index contributed by atoms with van der Waals surface area (Å²) in [6.45, 7) is 3.77. The van der Waals surface area contributed by atoms with Crippen LogP contribution in [0.1, 0.15) is 21.6 Å². The minimum atomic E-state index is -0.310. The third kappa shape index (κ3) is 3.28. The number of hydrogen-bond acceptors (Lipinski definition) is 3. The molecule has 0 unspecified atom stereocenters. The molecule has 1 heterocycles. The van der Waals surface area contributed by atoms with Gasteiger partial charge in [-0.2, -0.15) is 5.10 Å². The molecule has 0 atom stereocenters. The lowest BCUT2D eigenvalue weighted by Crippen LogP contribution is -2.35. The number of likely N-dealkylation sites (N-methyl/N-ethyl adjacent to an activating group) is 1. The summed E-state index contributed by atoms with van der Waals surface area (Å²) in [6.07, 6.45) is 1.51. The first-order valence-electron chi connectivity index (χ1n) is 6.63. The molecule has 0 aliphatic rings. The molecule has 0 bridgehead atoms. The first-order valence-corrected chi connectivity index (χ1v) is 6.63. The van der Waals surface area contributed by atoms with Gasteiger partial charge in [-0.15, -0.1) is 0 Å². The second kappa shape index (κ2) is 6.21. The van der Waals surface area contributed by atoms with Crippen LogP contribution in [-0.4, -0.2) is 35.2 Å². The monoisotopic (exact) mass is 286 g/mol. The van der Waals surface area contributed by atoms with Crippen LogP contribution in [0.4, 0.5) is 0 Å². The molecule has 0 radical (unpaired) electrons. The molecule has 2 aromatic rings. The summed E-state index contributed by atoms with van der Waals surface area (Å²) in [5, 5.41) is 9.26. The molecule has 110 valence electrons. The van der Waals surface area contributed by atoms with Crippen molar-refractivity contribution in [1.82, 2.24) is 20.4 Å². The normalized spacial score (nSPS) is 10.2. The molecule has 21 heavy (non-hydrogen) atoms. The van der Waals surface area contributed by atoms with E-state index in [9.17, 15) is 9.59 Å². The summed E-state index contributed by atoms with van der Waals surface area (Å²) in [5.41, 5.74) is 3.21. The Morgan fingerprint density at radius 1 is 1.29 bits per heavy atom. The fraction of sp³-hybridized carbons (Fsp3) is 0.267. The van der Waals surface area contributed by atoms with Crippen LogP contribution in [0, 0.1) is 13.8 Å². The van der Waals surface area contributed by atoms with E-state index in [1.807, 2.05) is 38.1 Å². The second-order valence-corrected chi connectivity index (χ2v) is 4.75. The molecule has 0 aliphatic carbocycles. The van der Waals surface area contributed by atoms with E-state index in [1.54, 1.807) is 4.68 Å². The maximum absolute atomic E-state index is 12.1. The zero-order chi connectivity index (χ0) is 15.4. The van der Waals surface area contributed by atoms with Gasteiger partial charge in [0.05, 0.1) is 29.7 Å². The van der Waals surface area contributed by atoms with Crippen molar-refractivity contribution in [3.05, 3.63) is 47.3 Å². The number of hydrogen-bond donors (Lipinski definition) is 2. The van der Waals surface area contributed by atoms with Gasteiger partial charge in [0, 0.05) is 7.05 Å². The molecule has 1 aromatic heterocycles. The van der Waals surface area contributed by atoms with Crippen molar-refractivity contribution in [2.24, 2.45) is 0 Å². The number of aromatic nitrogens is 2. The number of nitrogens with zero attached hydrogens (tertiary/aromatic N) is 2. The van der Waals surface area contributed by atoms with E-state index in [-0.39, 0.29) is 18.4 Å². The smallest absolute Gasteiger partial charge is 0.255 e. The maximum atomic E-state index is 12.1. The molecule has 0 aliphatic heterocycles. The predicted octanol–water partition coefficient (Wildman–Crippen LogP) is 0.965. The van der Waals surface area contributed by atoms with E-state index in [4.69, 9.17) is 0 Å². The number of rotatable bonds is 4. The van der Waals surface area contributed by atoms with Gasteiger partial charge in [-0.05, 0) is 31.5 Å². The quantitative estimate of drug-likeness (QED) is 0.879. The van der Waals surface area contributed by atoms with E-state index in [2.05, 4.69) is 15.7 Å². The fourth-order valence-corrected chi connectivity index (χ4v) is 2.00. The number of carbonyl (C=O) groups is 2. The van der Waals surface area contributed by atoms with Gasteiger partial charge in [-0.1, -0.05) is 12.1 Å². The predicted molar refractivity (Wildman–Crippen MR) is 79.4 cm³/mol. The average molecular weight is 286 g/mol. The number of amides is 2. The standard InChI is InChI=1S/C15H18N4O2/c1-10-5-4-6-12(7-10)19-11(2)13(8-18-19)15(21)17-9-14(20)16-3/h4-8H,9H2,1-3H3,(H,16,20)(H,17,21). The van der Waals surface area contributed by atoms with Crippen LogP contribution in [-0.2, 0) is 4.79 Å².